The van der Waals surface area contributed by atoms with Crippen molar-refractivity contribution in [2.45, 2.75) is 36.9 Å². The van der Waals surface area contributed by atoms with Crippen molar-refractivity contribution in [2.75, 3.05) is 13.1 Å². The van der Waals surface area contributed by atoms with Crippen molar-refractivity contribution in [1.82, 2.24) is 4.31 Å². The zero-order valence-corrected chi connectivity index (χ0v) is 14.0. The average Bonchev–Trinajstić information content (AvgIpc) is 2.46. The van der Waals surface area contributed by atoms with E-state index in [0.717, 1.165) is 28.9 Å². The topological polar surface area (TPSA) is 63.4 Å². The van der Waals surface area contributed by atoms with Crippen molar-refractivity contribution in [2.24, 2.45) is 11.7 Å². The summed E-state index contributed by atoms with van der Waals surface area (Å²) in [6.45, 7) is 2.02. The lowest BCUT2D eigenvalue weighted by atomic mass is 9.93. The van der Waals surface area contributed by atoms with Gasteiger partial charge in [0.2, 0.25) is 10.0 Å². The molecule has 1 heterocycles. The van der Waals surface area contributed by atoms with Gasteiger partial charge in [-0.05, 0) is 37.8 Å². The summed E-state index contributed by atoms with van der Waals surface area (Å²) >= 11 is 5.81. The summed E-state index contributed by atoms with van der Waals surface area (Å²) in [6.07, 6.45) is -3.50. The molecule has 1 aromatic rings. The number of sulfonamides is 1. The van der Waals surface area contributed by atoms with E-state index in [-0.39, 0.29) is 25.0 Å². The van der Waals surface area contributed by atoms with Gasteiger partial charge in [0.15, 0.2) is 0 Å². The van der Waals surface area contributed by atoms with Gasteiger partial charge in [-0.3, -0.25) is 0 Å². The van der Waals surface area contributed by atoms with Crippen LogP contribution in [-0.4, -0.2) is 31.9 Å². The highest BCUT2D eigenvalue weighted by atomic mass is 35.5. The number of alkyl halides is 3. The largest absolute Gasteiger partial charge is 0.417 e. The van der Waals surface area contributed by atoms with Gasteiger partial charge in [-0.25, -0.2) is 8.42 Å². The van der Waals surface area contributed by atoms with E-state index in [9.17, 15) is 21.6 Å². The molecule has 1 saturated heterocycles. The summed E-state index contributed by atoms with van der Waals surface area (Å²) in [6, 6.07) is 2.73. The number of nitrogens with two attached hydrogens (primary N) is 1. The van der Waals surface area contributed by atoms with Crippen LogP contribution in [-0.2, 0) is 16.2 Å². The predicted octanol–water partition coefficient (Wildman–Crippen LogP) is 3.11. The van der Waals surface area contributed by atoms with Crippen molar-refractivity contribution in [1.29, 1.82) is 0 Å². The van der Waals surface area contributed by atoms with E-state index >= 15 is 0 Å². The van der Waals surface area contributed by atoms with Crippen LogP contribution in [0.3, 0.4) is 0 Å². The van der Waals surface area contributed by atoms with Crippen LogP contribution in [0.25, 0.3) is 0 Å². The lowest BCUT2D eigenvalue weighted by Crippen LogP contribution is -2.45. The van der Waals surface area contributed by atoms with Gasteiger partial charge in [0.25, 0.3) is 0 Å². The first-order chi connectivity index (χ1) is 10.5. The Bertz CT molecular complexity index is 677. The van der Waals surface area contributed by atoms with Crippen molar-refractivity contribution in [3.63, 3.8) is 0 Å². The van der Waals surface area contributed by atoms with Crippen LogP contribution in [0.4, 0.5) is 13.2 Å². The molecule has 0 spiro atoms. The molecule has 2 rings (SSSR count). The van der Waals surface area contributed by atoms with Crippen LogP contribution in [0.1, 0.15) is 25.3 Å². The van der Waals surface area contributed by atoms with Gasteiger partial charge in [-0.1, -0.05) is 17.7 Å². The molecule has 0 aliphatic carbocycles. The standard InChI is InChI=1S/C14H18ClF3N2O2S/c1-9(19)10-4-3-7-20(8-10)23(21,22)13-11(14(16,17)18)5-2-6-12(13)15/h2,5-6,9-10H,3-4,7-8,19H2,1H3. The first-order valence-corrected chi connectivity index (χ1v) is 8.98. The molecular weight excluding hydrogens is 353 g/mol. The Balaban J connectivity index is 2.48. The molecule has 9 heteroatoms. The number of piperidine rings is 1. The van der Waals surface area contributed by atoms with Crippen LogP contribution in [0, 0.1) is 5.92 Å². The Hall–Kier alpha value is -0.830. The molecule has 4 nitrogen and oxygen atoms in total. The van der Waals surface area contributed by atoms with Crippen LogP contribution in [0.5, 0.6) is 0 Å². The molecule has 130 valence electrons. The van der Waals surface area contributed by atoms with Crippen LogP contribution >= 0.6 is 11.6 Å². The van der Waals surface area contributed by atoms with E-state index in [0.29, 0.717) is 6.42 Å². The molecule has 1 aromatic carbocycles. The second-order valence-electron chi connectivity index (χ2n) is 5.74. The average molecular weight is 371 g/mol. The maximum absolute atomic E-state index is 13.2. The smallest absolute Gasteiger partial charge is 0.328 e. The number of hydrogen-bond donors (Lipinski definition) is 1. The molecule has 23 heavy (non-hydrogen) atoms. The molecule has 0 saturated carbocycles. The third-order valence-electron chi connectivity index (χ3n) is 4.03. The first-order valence-electron chi connectivity index (χ1n) is 7.16. The second kappa shape index (κ2) is 6.58. The van der Waals surface area contributed by atoms with Crippen molar-refractivity contribution in [3.05, 3.63) is 28.8 Å². The van der Waals surface area contributed by atoms with Gasteiger partial charge in [-0.15, -0.1) is 0 Å². The maximum atomic E-state index is 13.2. The minimum atomic E-state index is -4.80. The number of nitrogens with zero attached hydrogens (tertiary/aromatic N) is 1. The molecule has 2 N–H and O–H groups in total. The normalized spacial score (nSPS) is 22.1. The Kier molecular flexibility index (Phi) is 5.30. The summed E-state index contributed by atoms with van der Waals surface area (Å²) in [5.41, 5.74) is 4.57. The van der Waals surface area contributed by atoms with Crippen LogP contribution in [0.15, 0.2) is 23.1 Å². The van der Waals surface area contributed by atoms with Crippen molar-refractivity contribution >= 4 is 21.6 Å². The highest BCUT2D eigenvalue weighted by molar-refractivity contribution is 7.89. The summed E-state index contributed by atoms with van der Waals surface area (Å²) < 4.78 is 66.1. The van der Waals surface area contributed by atoms with E-state index in [1.807, 2.05) is 0 Å². The second-order valence-corrected chi connectivity index (χ2v) is 8.02. The molecule has 2 unspecified atom stereocenters. The lowest BCUT2D eigenvalue weighted by molar-refractivity contribution is -0.139. The van der Waals surface area contributed by atoms with E-state index in [4.69, 9.17) is 17.3 Å². The summed E-state index contributed by atoms with van der Waals surface area (Å²) in [7, 11) is -4.35. The zero-order chi connectivity index (χ0) is 17.4. The van der Waals surface area contributed by atoms with Gasteiger partial charge >= 0.3 is 6.18 Å². The minimum absolute atomic E-state index is 0.0876. The highest BCUT2D eigenvalue weighted by Gasteiger charge is 2.41. The van der Waals surface area contributed by atoms with Crippen LogP contribution < -0.4 is 5.73 Å². The molecular formula is C14H18ClF3N2O2S. The first kappa shape index (κ1) is 18.5. The number of benzene rings is 1. The predicted molar refractivity (Wildman–Crippen MR) is 81.6 cm³/mol. The highest BCUT2D eigenvalue weighted by Crippen LogP contribution is 2.39. The third-order valence-corrected chi connectivity index (χ3v) is 6.43. The Morgan fingerprint density at radius 3 is 2.61 bits per heavy atom. The molecule has 0 radical (unpaired) electrons. The Labute approximate surface area is 138 Å². The summed E-state index contributed by atoms with van der Waals surface area (Å²) in [5.74, 6) is -0.0876. The molecule has 2 atom stereocenters. The SMILES string of the molecule is CC(N)C1CCCN(S(=O)(=O)c2c(Cl)cccc2C(F)(F)F)C1. The number of hydrogen-bond acceptors (Lipinski definition) is 3. The number of halogens is 4. The van der Waals surface area contributed by atoms with E-state index in [1.54, 1.807) is 6.92 Å². The molecule has 0 aromatic heterocycles. The molecule has 0 amide bonds. The molecule has 0 bridgehead atoms. The zero-order valence-electron chi connectivity index (χ0n) is 12.5. The minimum Gasteiger partial charge on any atom is -0.328 e. The van der Waals surface area contributed by atoms with Gasteiger partial charge in [0, 0.05) is 19.1 Å². The maximum Gasteiger partial charge on any atom is 0.417 e. The molecule has 1 aliphatic rings. The van der Waals surface area contributed by atoms with E-state index in [1.165, 1.54) is 0 Å². The van der Waals surface area contributed by atoms with Gasteiger partial charge in [-0.2, -0.15) is 17.5 Å². The van der Waals surface area contributed by atoms with Crippen LogP contribution in [0.2, 0.25) is 5.02 Å². The number of rotatable bonds is 3. The molecule has 1 fully saturated rings. The van der Waals surface area contributed by atoms with Crippen molar-refractivity contribution < 1.29 is 21.6 Å². The van der Waals surface area contributed by atoms with E-state index < -0.39 is 31.7 Å². The fourth-order valence-corrected chi connectivity index (χ4v) is 5.00. The monoisotopic (exact) mass is 370 g/mol. The van der Waals surface area contributed by atoms with Crippen molar-refractivity contribution in [3.8, 4) is 0 Å². The summed E-state index contributed by atoms with van der Waals surface area (Å²) in [5, 5.41) is -0.428. The quantitative estimate of drug-likeness (QED) is 0.889. The third kappa shape index (κ3) is 3.81. The molecule has 1 aliphatic heterocycles. The van der Waals surface area contributed by atoms with Gasteiger partial charge in [0.1, 0.15) is 4.90 Å². The van der Waals surface area contributed by atoms with E-state index in [2.05, 4.69) is 0 Å². The van der Waals surface area contributed by atoms with Gasteiger partial charge < -0.3 is 5.73 Å². The van der Waals surface area contributed by atoms with Gasteiger partial charge in [0.05, 0.1) is 10.6 Å². The fraction of sp³-hybridized carbons (Fsp3) is 0.571. The summed E-state index contributed by atoms with van der Waals surface area (Å²) in [4.78, 5) is -0.875. The lowest BCUT2D eigenvalue weighted by Gasteiger charge is -2.34. The Morgan fingerprint density at radius 2 is 2.04 bits per heavy atom. The fourth-order valence-electron chi connectivity index (χ4n) is 2.74. The Morgan fingerprint density at radius 1 is 1.39 bits per heavy atom.